The number of aliphatic hydroxyl groups excluding tert-OH is 1. The smallest absolute Gasteiger partial charge is 0.251 e. The molecule has 2 aliphatic carbocycles. The first-order valence-electron chi connectivity index (χ1n) is 14.2. The Labute approximate surface area is 235 Å². The molecule has 1 aliphatic heterocycles. The number of phenolic OH excluding ortho intramolecular Hbond substituents is 1. The standard InChI is InChI=1S/C34H36N2O4/c1-2-25(19-22-9-12-26(37)13-10-22)35-34(39)24-11-15-28-30(20-24)36-17-18-40-31-21-27(38)14-16-29(31)33(36)32(28)23-7-5-3-4-6-8-23/h2-3,5,9-16,20-21,23,25,29,31,37-38H,1,4,6-8,17-19H2,(H,35,39). The maximum atomic E-state index is 13.5. The van der Waals surface area contributed by atoms with Gasteiger partial charge < -0.3 is 24.8 Å². The summed E-state index contributed by atoms with van der Waals surface area (Å²) in [5.41, 5.74) is 5.26. The van der Waals surface area contributed by atoms with E-state index in [0.29, 0.717) is 31.1 Å². The first-order valence-corrected chi connectivity index (χ1v) is 14.2. The third-order valence-electron chi connectivity index (χ3n) is 8.42. The van der Waals surface area contributed by atoms with E-state index in [9.17, 15) is 15.0 Å². The number of rotatable bonds is 6. The number of nitrogens with zero attached hydrogens (tertiary/aromatic N) is 1. The van der Waals surface area contributed by atoms with Crippen LogP contribution in [-0.4, -0.2) is 39.4 Å². The Balaban J connectivity index is 1.38. The quantitative estimate of drug-likeness (QED) is 0.311. The van der Waals surface area contributed by atoms with Crippen LogP contribution in [0.1, 0.15) is 64.7 Å². The number of aliphatic hydroxyl groups is 1. The van der Waals surface area contributed by atoms with Gasteiger partial charge in [-0.05, 0) is 85.6 Å². The van der Waals surface area contributed by atoms with Gasteiger partial charge in [-0.25, -0.2) is 0 Å². The van der Waals surface area contributed by atoms with Crippen molar-refractivity contribution in [2.24, 2.45) is 0 Å². The van der Waals surface area contributed by atoms with Gasteiger partial charge in [0.1, 0.15) is 11.5 Å². The molecule has 0 saturated carbocycles. The van der Waals surface area contributed by atoms with Gasteiger partial charge in [0.15, 0.2) is 0 Å². The van der Waals surface area contributed by atoms with Crippen LogP contribution >= 0.6 is 0 Å². The summed E-state index contributed by atoms with van der Waals surface area (Å²) in [7, 11) is 0. The predicted molar refractivity (Wildman–Crippen MR) is 158 cm³/mol. The lowest BCUT2D eigenvalue weighted by atomic mass is 9.83. The zero-order chi connectivity index (χ0) is 27.6. The lowest BCUT2D eigenvalue weighted by Gasteiger charge is -2.26. The Morgan fingerprint density at radius 1 is 1.18 bits per heavy atom. The van der Waals surface area contributed by atoms with Crippen molar-refractivity contribution < 1.29 is 19.7 Å². The minimum atomic E-state index is -0.244. The number of carbonyl (C=O) groups is 1. The van der Waals surface area contributed by atoms with Gasteiger partial charge in [0.05, 0.1) is 18.8 Å². The molecule has 2 aromatic carbocycles. The molecule has 0 bridgehead atoms. The predicted octanol–water partition coefficient (Wildman–Crippen LogP) is 6.58. The summed E-state index contributed by atoms with van der Waals surface area (Å²) < 4.78 is 8.56. The Hall–Kier alpha value is -4.03. The highest BCUT2D eigenvalue weighted by atomic mass is 16.5. The fourth-order valence-electron chi connectivity index (χ4n) is 6.46. The molecule has 6 heteroatoms. The molecule has 0 saturated heterocycles. The van der Waals surface area contributed by atoms with E-state index in [0.717, 1.165) is 36.8 Å². The highest BCUT2D eigenvalue weighted by Crippen LogP contribution is 2.44. The Kier molecular flexibility index (Phi) is 7.35. The van der Waals surface area contributed by atoms with Crippen LogP contribution in [0.4, 0.5) is 0 Å². The van der Waals surface area contributed by atoms with Crippen LogP contribution in [0.2, 0.25) is 0 Å². The number of nitrogens with one attached hydrogen (secondary N) is 1. The molecule has 0 fully saturated rings. The average Bonchev–Trinajstić information content (AvgIpc) is 3.13. The lowest BCUT2D eigenvalue weighted by Crippen LogP contribution is -2.34. The molecule has 1 aromatic heterocycles. The van der Waals surface area contributed by atoms with E-state index in [2.05, 4.69) is 40.8 Å². The van der Waals surface area contributed by atoms with E-state index >= 15 is 0 Å². The van der Waals surface area contributed by atoms with Crippen molar-refractivity contribution in [2.45, 2.75) is 62.6 Å². The summed E-state index contributed by atoms with van der Waals surface area (Å²) in [5, 5.41) is 24.1. The third kappa shape index (κ3) is 5.11. The summed E-state index contributed by atoms with van der Waals surface area (Å²) >= 11 is 0. The number of aromatic hydroxyl groups is 1. The van der Waals surface area contributed by atoms with Crippen molar-refractivity contribution in [3.8, 4) is 5.75 Å². The highest BCUT2D eigenvalue weighted by molar-refractivity contribution is 5.99. The molecule has 3 aromatic rings. The molecule has 3 N–H and O–H groups in total. The zero-order valence-electron chi connectivity index (χ0n) is 22.6. The summed E-state index contributed by atoms with van der Waals surface area (Å²) in [5.74, 6) is 0.705. The number of fused-ring (bicyclic) bond motifs is 5. The van der Waals surface area contributed by atoms with E-state index in [1.165, 1.54) is 16.6 Å². The van der Waals surface area contributed by atoms with Crippen LogP contribution in [0, 0.1) is 0 Å². The van der Waals surface area contributed by atoms with Gasteiger partial charge in [0.25, 0.3) is 5.91 Å². The Morgan fingerprint density at radius 3 is 2.85 bits per heavy atom. The second-order valence-electron chi connectivity index (χ2n) is 11.0. The van der Waals surface area contributed by atoms with Crippen molar-refractivity contribution in [1.29, 1.82) is 0 Å². The van der Waals surface area contributed by atoms with Crippen LogP contribution in [0.25, 0.3) is 10.9 Å². The van der Waals surface area contributed by atoms with E-state index in [-0.39, 0.29) is 35.5 Å². The van der Waals surface area contributed by atoms with Gasteiger partial charge in [-0.2, -0.15) is 0 Å². The number of phenols is 1. The van der Waals surface area contributed by atoms with Gasteiger partial charge in [0.2, 0.25) is 0 Å². The van der Waals surface area contributed by atoms with Crippen molar-refractivity contribution in [3.63, 3.8) is 0 Å². The summed E-state index contributed by atoms with van der Waals surface area (Å²) in [6.45, 7) is 5.14. The fourth-order valence-corrected chi connectivity index (χ4v) is 6.46. The molecule has 40 heavy (non-hydrogen) atoms. The van der Waals surface area contributed by atoms with Crippen molar-refractivity contribution in [3.05, 3.63) is 114 Å². The maximum absolute atomic E-state index is 13.5. The minimum absolute atomic E-state index is 0.000708. The Bertz CT molecular complexity index is 1510. The lowest BCUT2D eigenvalue weighted by molar-refractivity contribution is 0.0779. The van der Waals surface area contributed by atoms with Crippen LogP contribution in [0.5, 0.6) is 5.75 Å². The van der Waals surface area contributed by atoms with Gasteiger partial charge in [0, 0.05) is 34.6 Å². The molecular weight excluding hydrogens is 500 g/mol. The van der Waals surface area contributed by atoms with E-state index in [4.69, 9.17) is 4.74 Å². The summed E-state index contributed by atoms with van der Waals surface area (Å²) in [6, 6.07) is 12.8. The molecule has 1 amide bonds. The largest absolute Gasteiger partial charge is 0.508 e. The molecule has 206 valence electrons. The molecule has 3 aliphatic rings. The van der Waals surface area contributed by atoms with Crippen molar-refractivity contribution in [1.82, 2.24) is 9.88 Å². The molecule has 0 spiro atoms. The monoisotopic (exact) mass is 536 g/mol. The molecule has 4 atom stereocenters. The second-order valence-corrected chi connectivity index (χ2v) is 11.0. The summed E-state index contributed by atoms with van der Waals surface area (Å²) in [6.07, 6.45) is 16.8. The minimum Gasteiger partial charge on any atom is -0.508 e. The fraction of sp³-hybridized carbons (Fsp3) is 0.324. The zero-order valence-corrected chi connectivity index (χ0v) is 22.6. The highest BCUT2D eigenvalue weighted by Gasteiger charge is 2.35. The molecule has 6 nitrogen and oxygen atoms in total. The summed E-state index contributed by atoms with van der Waals surface area (Å²) in [4.78, 5) is 13.5. The molecular formula is C34H36N2O4. The third-order valence-corrected chi connectivity index (χ3v) is 8.42. The first kappa shape index (κ1) is 26.2. The molecule has 6 rings (SSSR count). The van der Waals surface area contributed by atoms with E-state index in [1.807, 2.05) is 30.3 Å². The molecule has 4 unspecified atom stereocenters. The van der Waals surface area contributed by atoms with Crippen molar-refractivity contribution in [2.75, 3.05) is 6.61 Å². The van der Waals surface area contributed by atoms with Gasteiger partial charge in [-0.3, -0.25) is 4.79 Å². The first-order chi connectivity index (χ1) is 19.5. The van der Waals surface area contributed by atoms with Gasteiger partial charge in [-0.1, -0.05) is 42.5 Å². The number of hydrogen-bond acceptors (Lipinski definition) is 4. The van der Waals surface area contributed by atoms with Crippen LogP contribution in [0.15, 0.2) is 91.3 Å². The maximum Gasteiger partial charge on any atom is 0.251 e. The van der Waals surface area contributed by atoms with Crippen molar-refractivity contribution >= 4 is 16.8 Å². The number of allylic oxidation sites excluding steroid dienone is 3. The molecule has 0 radical (unpaired) electrons. The number of carbonyl (C=O) groups excluding carboxylic acids is 1. The number of ether oxygens (including phenoxy) is 1. The average molecular weight is 537 g/mol. The number of aromatic nitrogens is 1. The molecule has 2 heterocycles. The SMILES string of the molecule is C=CC(Cc1ccc(O)cc1)NC(=O)c1ccc2c(C3CC=CCCC3)c3n(c2c1)CCOC1C=C(O)C=CC31. The second kappa shape index (κ2) is 11.2. The van der Waals surface area contributed by atoms with Crippen LogP contribution in [-0.2, 0) is 17.7 Å². The van der Waals surface area contributed by atoms with Gasteiger partial charge in [-0.15, -0.1) is 6.58 Å². The van der Waals surface area contributed by atoms with E-state index < -0.39 is 0 Å². The van der Waals surface area contributed by atoms with E-state index in [1.54, 1.807) is 24.3 Å². The van der Waals surface area contributed by atoms with Gasteiger partial charge >= 0.3 is 0 Å². The van der Waals surface area contributed by atoms with Crippen LogP contribution < -0.4 is 5.32 Å². The number of benzene rings is 2. The number of amides is 1. The topological polar surface area (TPSA) is 83.7 Å². The van der Waals surface area contributed by atoms with Crippen LogP contribution in [0.3, 0.4) is 0 Å². The Morgan fingerprint density at radius 2 is 2.02 bits per heavy atom. The number of hydrogen-bond donors (Lipinski definition) is 3. The normalized spacial score (nSPS) is 22.9.